The molecule has 0 bridgehead atoms. The predicted octanol–water partition coefficient (Wildman–Crippen LogP) is 2.35. The van der Waals surface area contributed by atoms with Crippen molar-refractivity contribution >= 4 is 11.8 Å². The van der Waals surface area contributed by atoms with Gasteiger partial charge in [0, 0.05) is 5.56 Å². The largest absolute Gasteiger partial charge is 0.493 e. The van der Waals surface area contributed by atoms with Gasteiger partial charge in [-0.3, -0.25) is 20.4 Å². The van der Waals surface area contributed by atoms with Gasteiger partial charge in [-0.2, -0.15) is 0 Å². The van der Waals surface area contributed by atoms with Crippen LogP contribution >= 0.6 is 0 Å². The highest BCUT2D eigenvalue weighted by Crippen LogP contribution is 2.38. The van der Waals surface area contributed by atoms with Gasteiger partial charge >= 0.3 is 0 Å². The summed E-state index contributed by atoms with van der Waals surface area (Å²) in [4.78, 5) is 24.9. The Morgan fingerprint density at radius 1 is 0.929 bits per heavy atom. The molecule has 0 saturated heterocycles. The van der Waals surface area contributed by atoms with Gasteiger partial charge < -0.3 is 18.9 Å². The summed E-state index contributed by atoms with van der Waals surface area (Å²) in [7, 11) is 4.36. The van der Waals surface area contributed by atoms with Crippen molar-refractivity contribution in [3.05, 3.63) is 60.2 Å². The van der Waals surface area contributed by atoms with Crippen molar-refractivity contribution in [1.82, 2.24) is 10.9 Å². The lowest BCUT2D eigenvalue weighted by molar-refractivity contribution is 0.0844. The number of benzene rings is 2. The summed E-state index contributed by atoms with van der Waals surface area (Å²) in [6.07, 6.45) is 1.57. The Labute approximate surface area is 163 Å². The standard InChI is InChI=1S/C20H22N2O6/c1-5-10-28-15-9-7-6-8-14(15)20(24)22-21-19(23)13-11-16(25-2)18(27-4)17(12-13)26-3/h5-9,11-12H,1,10H2,2-4H3,(H,21,23)(H,22,24). The Balaban J connectivity index is 2.14. The molecule has 2 aromatic rings. The van der Waals surface area contributed by atoms with Crippen molar-refractivity contribution < 1.29 is 28.5 Å². The maximum Gasteiger partial charge on any atom is 0.273 e. The first kappa shape index (κ1) is 20.6. The van der Waals surface area contributed by atoms with Gasteiger partial charge in [0.05, 0.1) is 26.9 Å². The molecule has 28 heavy (non-hydrogen) atoms. The molecule has 0 aromatic heterocycles. The monoisotopic (exact) mass is 386 g/mol. The van der Waals surface area contributed by atoms with Crippen LogP contribution < -0.4 is 29.8 Å². The Hall–Kier alpha value is -3.68. The number of hydrazine groups is 1. The smallest absolute Gasteiger partial charge is 0.273 e. The summed E-state index contributed by atoms with van der Waals surface area (Å²) >= 11 is 0. The first-order chi connectivity index (χ1) is 13.5. The number of ether oxygens (including phenoxy) is 4. The van der Waals surface area contributed by atoms with Gasteiger partial charge in [-0.25, -0.2) is 0 Å². The van der Waals surface area contributed by atoms with Gasteiger partial charge in [0.15, 0.2) is 11.5 Å². The molecule has 0 unspecified atom stereocenters. The van der Waals surface area contributed by atoms with Crippen LogP contribution in [0.15, 0.2) is 49.1 Å². The number of para-hydroxylation sites is 1. The van der Waals surface area contributed by atoms with Crippen LogP contribution in [0.1, 0.15) is 20.7 Å². The molecule has 8 heteroatoms. The minimum atomic E-state index is -0.558. The zero-order chi connectivity index (χ0) is 20.5. The van der Waals surface area contributed by atoms with Crippen LogP contribution in [0, 0.1) is 0 Å². The van der Waals surface area contributed by atoms with Gasteiger partial charge in [-0.1, -0.05) is 24.8 Å². The van der Waals surface area contributed by atoms with Crippen LogP contribution in [0.2, 0.25) is 0 Å². The Morgan fingerprint density at radius 3 is 2.11 bits per heavy atom. The lowest BCUT2D eigenvalue weighted by Gasteiger charge is -2.14. The van der Waals surface area contributed by atoms with Crippen molar-refractivity contribution in [3.8, 4) is 23.0 Å². The van der Waals surface area contributed by atoms with Crippen LogP contribution in [0.3, 0.4) is 0 Å². The van der Waals surface area contributed by atoms with Crippen molar-refractivity contribution in [2.24, 2.45) is 0 Å². The normalized spacial score (nSPS) is 9.82. The lowest BCUT2D eigenvalue weighted by atomic mass is 10.1. The van der Waals surface area contributed by atoms with Crippen LogP contribution in [-0.4, -0.2) is 39.8 Å². The van der Waals surface area contributed by atoms with E-state index in [2.05, 4.69) is 17.4 Å². The van der Waals surface area contributed by atoms with E-state index in [0.29, 0.717) is 23.0 Å². The van der Waals surface area contributed by atoms with Gasteiger partial charge in [0.1, 0.15) is 12.4 Å². The SMILES string of the molecule is C=CCOc1ccccc1C(=O)NNC(=O)c1cc(OC)c(OC)c(OC)c1. The third-order valence-corrected chi connectivity index (χ3v) is 3.70. The first-order valence-electron chi connectivity index (χ1n) is 8.29. The Kier molecular flexibility index (Phi) is 7.27. The molecule has 0 heterocycles. The predicted molar refractivity (Wildman–Crippen MR) is 103 cm³/mol. The average Bonchev–Trinajstić information content (AvgIpc) is 2.74. The number of methoxy groups -OCH3 is 3. The van der Waals surface area contributed by atoms with E-state index in [4.69, 9.17) is 18.9 Å². The molecule has 8 nitrogen and oxygen atoms in total. The fraction of sp³-hybridized carbons (Fsp3) is 0.200. The van der Waals surface area contributed by atoms with Crippen LogP contribution in [-0.2, 0) is 0 Å². The summed E-state index contributed by atoms with van der Waals surface area (Å²) in [5.41, 5.74) is 5.20. The number of rotatable bonds is 8. The molecule has 0 saturated carbocycles. The zero-order valence-corrected chi connectivity index (χ0v) is 15.9. The molecule has 0 spiro atoms. The van der Waals surface area contributed by atoms with E-state index in [1.807, 2.05) is 0 Å². The fourth-order valence-electron chi connectivity index (χ4n) is 2.39. The van der Waals surface area contributed by atoms with E-state index in [-0.39, 0.29) is 17.7 Å². The van der Waals surface area contributed by atoms with E-state index in [1.54, 1.807) is 30.3 Å². The topological polar surface area (TPSA) is 95.1 Å². The highest BCUT2D eigenvalue weighted by molar-refractivity contribution is 6.01. The summed E-state index contributed by atoms with van der Waals surface area (Å²) in [6.45, 7) is 3.82. The van der Waals surface area contributed by atoms with Gasteiger partial charge in [0.2, 0.25) is 5.75 Å². The molecule has 2 N–H and O–H groups in total. The minimum Gasteiger partial charge on any atom is -0.493 e. The van der Waals surface area contributed by atoms with Crippen LogP contribution in [0.5, 0.6) is 23.0 Å². The Morgan fingerprint density at radius 2 is 1.54 bits per heavy atom. The number of carbonyl (C=O) groups is 2. The first-order valence-corrected chi connectivity index (χ1v) is 8.29. The van der Waals surface area contributed by atoms with Crippen molar-refractivity contribution in [2.45, 2.75) is 0 Å². The molecule has 0 aliphatic carbocycles. The molecular weight excluding hydrogens is 364 g/mol. The van der Waals surface area contributed by atoms with E-state index < -0.39 is 11.8 Å². The second-order valence-corrected chi connectivity index (χ2v) is 5.42. The second-order valence-electron chi connectivity index (χ2n) is 5.42. The van der Waals surface area contributed by atoms with E-state index >= 15 is 0 Å². The minimum absolute atomic E-state index is 0.214. The molecule has 2 aromatic carbocycles. The summed E-state index contributed by atoms with van der Waals surface area (Å²) in [5, 5.41) is 0. The molecule has 0 aliphatic rings. The molecule has 148 valence electrons. The zero-order valence-electron chi connectivity index (χ0n) is 15.9. The maximum absolute atomic E-state index is 12.5. The number of carbonyl (C=O) groups excluding carboxylic acids is 2. The molecule has 0 aliphatic heterocycles. The quantitative estimate of drug-likeness (QED) is 0.534. The average molecular weight is 386 g/mol. The Bertz CT molecular complexity index is 841. The van der Waals surface area contributed by atoms with Gasteiger partial charge in [-0.15, -0.1) is 0 Å². The highest BCUT2D eigenvalue weighted by Gasteiger charge is 2.18. The third kappa shape index (κ3) is 4.73. The highest BCUT2D eigenvalue weighted by atomic mass is 16.5. The molecule has 0 atom stereocenters. The molecule has 0 fully saturated rings. The fourth-order valence-corrected chi connectivity index (χ4v) is 2.39. The van der Waals surface area contributed by atoms with Crippen LogP contribution in [0.25, 0.3) is 0 Å². The second kappa shape index (κ2) is 9.86. The summed E-state index contributed by atoms with van der Waals surface area (Å²) < 4.78 is 21.1. The van der Waals surface area contributed by atoms with Crippen LogP contribution in [0.4, 0.5) is 0 Å². The van der Waals surface area contributed by atoms with Crippen molar-refractivity contribution in [1.29, 1.82) is 0 Å². The molecule has 2 rings (SSSR count). The maximum atomic E-state index is 12.5. The van der Waals surface area contributed by atoms with Crippen molar-refractivity contribution in [3.63, 3.8) is 0 Å². The van der Waals surface area contributed by atoms with Gasteiger partial charge in [-0.05, 0) is 24.3 Å². The molecule has 2 amide bonds. The van der Waals surface area contributed by atoms with Gasteiger partial charge in [0.25, 0.3) is 11.8 Å². The summed E-state index contributed by atoms with van der Waals surface area (Å²) in [6, 6.07) is 9.62. The van der Waals surface area contributed by atoms with Crippen molar-refractivity contribution in [2.75, 3.05) is 27.9 Å². The molecular formula is C20H22N2O6. The number of amides is 2. The summed E-state index contributed by atoms with van der Waals surface area (Å²) in [5.74, 6) is 0.293. The van der Waals surface area contributed by atoms with E-state index in [1.165, 1.54) is 33.5 Å². The molecule has 0 radical (unpaired) electrons. The third-order valence-electron chi connectivity index (χ3n) is 3.70. The number of hydrogen-bond donors (Lipinski definition) is 2. The van der Waals surface area contributed by atoms with E-state index in [9.17, 15) is 9.59 Å². The lowest BCUT2D eigenvalue weighted by Crippen LogP contribution is -2.41. The number of hydrogen-bond acceptors (Lipinski definition) is 6. The van der Waals surface area contributed by atoms with E-state index in [0.717, 1.165) is 0 Å². The number of nitrogens with one attached hydrogen (secondary N) is 2.